The largest absolute Gasteiger partial charge is 0.475 e. The molecule has 1 aromatic heterocycles. The number of halogens is 1. The van der Waals surface area contributed by atoms with Gasteiger partial charge in [0.15, 0.2) is 0 Å². The fourth-order valence-electron chi connectivity index (χ4n) is 1.46. The molecule has 0 aliphatic heterocycles. The predicted octanol–water partition coefficient (Wildman–Crippen LogP) is 2.16. The Morgan fingerprint density at radius 1 is 1.22 bits per heavy atom. The van der Waals surface area contributed by atoms with E-state index in [-0.39, 0.29) is 0 Å². The number of hydrogen-bond donors (Lipinski definition) is 0. The Morgan fingerprint density at radius 2 is 2.00 bits per heavy atom. The van der Waals surface area contributed by atoms with E-state index in [0.717, 1.165) is 10.4 Å². The summed E-state index contributed by atoms with van der Waals surface area (Å²) < 4.78 is 16.5. The molecule has 0 amide bonds. The van der Waals surface area contributed by atoms with E-state index in [1.807, 2.05) is 0 Å². The van der Waals surface area contributed by atoms with E-state index in [2.05, 4.69) is 25.9 Å². The molecule has 6 heteroatoms. The van der Waals surface area contributed by atoms with Crippen molar-refractivity contribution in [1.29, 1.82) is 0 Å². The molecule has 0 atom stereocenters. The van der Waals surface area contributed by atoms with Gasteiger partial charge < -0.3 is 14.2 Å². The van der Waals surface area contributed by atoms with Crippen LogP contribution in [0, 0.1) is 0 Å². The van der Waals surface area contributed by atoms with Crippen molar-refractivity contribution in [3.8, 4) is 5.88 Å². The molecule has 0 radical (unpaired) electrons. The van der Waals surface area contributed by atoms with Crippen LogP contribution < -0.4 is 4.74 Å². The Hall–Kier alpha value is -0.720. The Morgan fingerprint density at radius 3 is 2.72 bits per heavy atom. The highest BCUT2D eigenvalue weighted by Gasteiger charge is 2.27. The molecule has 1 saturated carbocycles. The second-order valence-corrected chi connectivity index (χ2v) is 4.93. The van der Waals surface area contributed by atoms with Gasteiger partial charge in [-0.05, 0) is 28.8 Å². The van der Waals surface area contributed by atoms with E-state index in [0.29, 0.717) is 38.2 Å². The average molecular weight is 317 g/mol. The maximum Gasteiger partial charge on any atom is 0.217 e. The van der Waals surface area contributed by atoms with E-state index < -0.39 is 0 Å². The minimum absolute atomic E-state index is 0.483. The summed E-state index contributed by atoms with van der Waals surface area (Å²) in [4.78, 5) is 8.73. The summed E-state index contributed by atoms with van der Waals surface area (Å²) in [5.41, 5.74) is 0. The van der Waals surface area contributed by atoms with Gasteiger partial charge >= 0.3 is 0 Å². The third kappa shape index (κ3) is 4.51. The zero-order valence-corrected chi connectivity index (χ0v) is 12.0. The molecule has 5 nitrogen and oxygen atoms in total. The molecule has 0 N–H and O–H groups in total. The van der Waals surface area contributed by atoms with E-state index >= 15 is 0 Å². The zero-order chi connectivity index (χ0) is 12.8. The first kappa shape index (κ1) is 13.7. The van der Waals surface area contributed by atoms with Gasteiger partial charge in [-0.25, -0.2) is 4.98 Å². The summed E-state index contributed by atoms with van der Waals surface area (Å²) in [6.45, 7) is 2.20. The van der Waals surface area contributed by atoms with Crippen LogP contribution in [0.2, 0.25) is 0 Å². The van der Waals surface area contributed by atoms with E-state index in [1.54, 1.807) is 13.2 Å². The maximum atomic E-state index is 5.54. The molecule has 1 aromatic rings. The number of rotatable bonds is 8. The van der Waals surface area contributed by atoms with Gasteiger partial charge in [0.2, 0.25) is 5.88 Å². The van der Waals surface area contributed by atoms with Crippen molar-refractivity contribution < 1.29 is 14.2 Å². The molecule has 0 saturated heterocycles. The van der Waals surface area contributed by atoms with Crippen molar-refractivity contribution in [2.75, 3.05) is 33.5 Å². The van der Waals surface area contributed by atoms with Crippen LogP contribution in [-0.4, -0.2) is 43.5 Å². The van der Waals surface area contributed by atoms with Crippen molar-refractivity contribution in [2.24, 2.45) is 0 Å². The molecule has 0 spiro atoms. The standard InChI is InChI=1S/C12H17BrN2O3/c1-16-4-5-17-6-7-18-11-8-10(13)14-12(15-11)9-2-3-9/h8-9H,2-7H2,1H3. The first-order chi connectivity index (χ1) is 8.79. The normalized spacial score (nSPS) is 14.8. The van der Waals surface area contributed by atoms with Gasteiger partial charge in [0.05, 0.1) is 19.8 Å². The molecule has 1 fully saturated rings. The number of ether oxygens (including phenoxy) is 3. The third-order valence-electron chi connectivity index (χ3n) is 2.54. The van der Waals surface area contributed by atoms with Gasteiger partial charge in [-0.15, -0.1) is 0 Å². The molecule has 1 heterocycles. The van der Waals surface area contributed by atoms with Gasteiger partial charge in [0.1, 0.15) is 17.0 Å². The topological polar surface area (TPSA) is 53.5 Å². The predicted molar refractivity (Wildman–Crippen MR) is 69.9 cm³/mol. The molecule has 1 aliphatic rings. The molecule has 100 valence electrons. The van der Waals surface area contributed by atoms with E-state index in [1.165, 1.54) is 12.8 Å². The van der Waals surface area contributed by atoms with Crippen LogP contribution in [0.15, 0.2) is 10.7 Å². The Kier molecular flexibility index (Phi) is 5.34. The van der Waals surface area contributed by atoms with Crippen LogP contribution in [0.1, 0.15) is 24.6 Å². The van der Waals surface area contributed by atoms with Crippen molar-refractivity contribution in [3.05, 3.63) is 16.5 Å². The van der Waals surface area contributed by atoms with Gasteiger partial charge in [0, 0.05) is 19.1 Å². The molecule has 0 bridgehead atoms. The molecule has 0 unspecified atom stereocenters. The van der Waals surface area contributed by atoms with E-state index in [9.17, 15) is 0 Å². The molecule has 1 aliphatic carbocycles. The zero-order valence-electron chi connectivity index (χ0n) is 10.4. The van der Waals surface area contributed by atoms with Crippen LogP contribution in [0.25, 0.3) is 0 Å². The van der Waals surface area contributed by atoms with Gasteiger partial charge in [-0.1, -0.05) is 0 Å². The number of aromatic nitrogens is 2. The summed E-state index contributed by atoms with van der Waals surface area (Å²) in [7, 11) is 1.65. The van der Waals surface area contributed by atoms with Crippen molar-refractivity contribution in [2.45, 2.75) is 18.8 Å². The molecule has 18 heavy (non-hydrogen) atoms. The van der Waals surface area contributed by atoms with Crippen LogP contribution in [-0.2, 0) is 9.47 Å². The second kappa shape index (κ2) is 7.01. The minimum atomic E-state index is 0.483. The second-order valence-electron chi connectivity index (χ2n) is 4.12. The molecular weight excluding hydrogens is 300 g/mol. The van der Waals surface area contributed by atoms with Crippen molar-refractivity contribution >= 4 is 15.9 Å². The summed E-state index contributed by atoms with van der Waals surface area (Å²) >= 11 is 3.37. The average Bonchev–Trinajstić information content (AvgIpc) is 3.17. The fraction of sp³-hybridized carbons (Fsp3) is 0.667. The minimum Gasteiger partial charge on any atom is -0.475 e. The highest BCUT2D eigenvalue weighted by Crippen LogP contribution is 2.38. The van der Waals surface area contributed by atoms with Crippen molar-refractivity contribution in [1.82, 2.24) is 9.97 Å². The van der Waals surface area contributed by atoms with Crippen molar-refractivity contribution in [3.63, 3.8) is 0 Å². The SMILES string of the molecule is COCCOCCOc1cc(Br)nc(C2CC2)n1. The lowest BCUT2D eigenvalue weighted by atomic mass is 10.4. The first-order valence-electron chi connectivity index (χ1n) is 6.03. The highest BCUT2D eigenvalue weighted by atomic mass is 79.9. The first-order valence-corrected chi connectivity index (χ1v) is 6.83. The number of methoxy groups -OCH3 is 1. The molecule has 2 rings (SSSR count). The van der Waals surface area contributed by atoms with Crippen LogP contribution >= 0.6 is 15.9 Å². The molecule has 0 aromatic carbocycles. The lowest BCUT2D eigenvalue weighted by molar-refractivity contribution is 0.0536. The maximum absolute atomic E-state index is 5.54. The fourth-order valence-corrected chi connectivity index (χ4v) is 1.84. The molecular formula is C12H17BrN2O3. The van der Waals surface area contributed by atoms with E-state index in [4.69, 9.17) is 14.2 Å². The summed E-state index contributed by atoms with van der Waals surface area (Å²) in [5.74, 6) is 2.00. The Balaban J connectivity index is 1.74. The summed E-state index contributed by atoms with van der Waals surface area (Å²) in [6, 6.07) is 1.78. The number of nitrogens with zero attached hydrogens (tertiary/aromatic N) is 2. The monoisotopic (exact) mass is 316 g/mol. The highest BCUT2D eigenvalue weighted by molar-refractivity contribution is 9.10. The van der Waals surface area contributed by atoms with Gasteiger partial charge in [-0.3, -0.25) is 0 Å². The Bertz CT molecular complexity index is 386. The van der Waals surface area contributed by atoms with Gasteiger partial charge in [-0.2, -0.15) is 4.98 Å². The van der Waals surface area contributed by atoms with Gasteiger partial charge in [0.25, 0.3) is 0 Å². The Labute approximate surface area is 115 Å². The third-order valence-corrected chi connectivity index (χ3v) is 2.95. The lowest BCUT2D eigenvalue weighted by Crippen LogP contribution is -2.11. The number of hydrogen-bond acceptors (Lipinski definition) is 5. The lowest BCUT2D eigenvalue weighted by Gasteiger charge is -2.07. The van der Waals surface area contributed by atoms with Crippen LogP contribution in [0.4, 0.5) is 0 Å². The summed E-state index contributed by atoms with van der Waals surface area (Å²) in [5, 5.41) is 0. The smallest absolute Gasteiger partial charge is 0.217 e. The van der Waals surface area contributed by atoms with Crippen LogP contribution in [0.5, 0.6) is 5.88 Å². The van der Waals surface area contributed by atoms with Crippen LogP contribution in [0.3, 0.4) is 0 Å². The quantitative estimate of drug-likeness (QED) is 0.543. The summed E-state index contributed by atoms with van der Waals surface area (Å²) in [6.07, 6.45) is 2.35.